The molecule has 0 fully saturated rings. The molecule has 0 aliphatic heterocycles. The summed E-state index contributed by atoms with van der Waals surface area (Å²) in [5.74, 6) is -0.0770. The van der Waals surface area contributed by atoms with Crippen LogP contribution in [0.1, 0.15) is 34.0 Å². The minimum atomic E-state index is -0.185. The van der Waals surface area contributed by atoms with Gasteiger partial charge in [0.25, 0.3) is 0 Å². The minimum Gasteiger partial charge on any atom is -0.383 e. The van der Waals surface area contributed by atoms with Gasteiger partial charge in [-0.3, -0.25) is 4.79 Å². The van der Waals surface area contributed by atoms with Gasteiger partial charge in [-0.15, -0.1) is 0 Å². The average molecular weight is 391 g/mol. The standard InChI is InChI=1S/C17H12Cl2N4OS/c1-2-10-11(6-20)16(22)23-17(12(10)7-21)25-8-15(24)9-3-4-13(18)14(19)5-9/h3-5H,2,8H2,1H3,(H2,22,23). The summed E-state index contributed by atoms with van der Waals surface area (Å²) in [6.45, 7) is 1.83. The van der Waals surface area contributed by atoms with Crippen LogP contribution in [0.5, 0.6) is 0 Å². The van der Waals surface area contributed by atoms with Crippen molar-refractivity contribution in [1.82, 2.24) is 4.98 Å². The first-order chi connectivity index (χ1) is 11.9. The molecule has 5 nitrogen and oxygen atoms in total. The smallest absolute Gasteiger partial charge is 0.173 e. The molecular weight excluding hydrogens is 379 g/mol. The number of hydrogen-bond donors (Lipinski definition) is 1. The SMILES string of the molecule is CCc1c(C#N)c(N)nc(SCC(=O)c2ccc(Cl)c(Cl)c2)c1C#N. The zero-order valence-corrected chi connectivity index (χ0v) is 15.5. The van der Waals surface area contributed by atoms with Crippen molar-refractivity contribution in [2.75, 3.05) is 11.5 Å². The van der Waals surface area contributed by atoms with Gasteiger partial charge in [-0.25, -0.2) is 4.98 Å². The largest absolute Gasteiger partial charge is 0.383 e. The van der Waals surface area contributed by atoms with Crippen molar-refractivity contribution in [1.29, 1.82) is 10.5 Å². The Morgan fingerprint density at radius 1 is 1.24 bits per heavy atom. The van der Waals surface area contributed by atoms with Crippen molar-refractivity contribution >= 4 is 46.6 Å². The lowest BCUT2D eigenvalue weighted by atomic mass is 10.0. The van der Waals surface area contributed by atoms with Crippen LogP contribution >= 0.6 is 35.0 Å². The van der Waals surface area contributed by atoms with Gasteiger partial charge in [0.1, 0.15) is 23.0 Å². The number of nitriles is 2. The van der Waals surface area contributed by atoms with Crippen LogP contribution in [-0.2, 0) is 6.42 Å². The summed E-state index contributed by atoms with van der Waals surface area (Å²) < 4.78 is 0. The molecule has 0 amide bonds. The van der Waals surface area contributed by atoms with E-state index in [0.717, 1.165) is 11.8 Å². The first-order valence-electron chi connectivity index (χ1n) is 7.16. The monoisotopic (exact) mass is 390 g/mol. The van der Waals surface area contributed by atoms with Gasteiger partial charge in [-0.05, 0) is 30.2 Å². The van der Waals surface area contributed by atoms with Crippen molar-refractivity contribution in [3.63, 3.8) is 0 Å². The third-order valence-corrected chi connectivity index (χ3v) is 5.17. The maximum Gasteiger partial charge on any atom is 0.173 e. The van der Waals surface area contributed by atoms with Gasteiger partial charge < -0.3 is 5.73 Å². The molecule has 0 spiro atoms. The highest BCUT2D eigenvalue weighted by atomic mass is 35.5. The number of nitrogens with zero attached hydrogens (tertiary/aromatic N) is 3. The molecule has 25 heavy (non-hydrogen) atoms. The molecule has 2 aromatic rings. The van der Waals surface area contributed by atoms with Gasteiger partial charge in [-0.1, -0.05) is 41.9 Å². The van der Waals surface area contributed by atoms with Gasteiger partial charge >= 0.3 is 0 Å². The van der Waals surface area contributed by atoms with E-state index >= 15 is 0 Å². The Morgan fingerprint density at radius 2 is 1.92 bits per heavy atom. The molecular formula is C17H12Cl2N4OS. The highest BCUT2D eigenvalue weighted by Crippen LogP contribution is 2.30. The maximum absolute atomic E-state index is 12.3. The van der Waals surface area contributed by atoms with Crippen LogP contribution < -0.4 is 5.73 Å². The zero-order valence-electron chi connectivity index (χ0n) is 13.1. The Kier molecular flexibility index (Phi) is 6.27. The number of ketones is 1. The average Bonchev–Trinajstić information content (AvgIpc) is 2.61. The molecule has 126 valence electrons. The van der Waals surface area contributed by atoms with E-state index in [-0.39, 0.29) is 28.5 Å². The third kappa shape index (κ3) is 4.05. The lowest BCUT2D eigenvalue weighted by Crippen LogP contribution is -2.07. The number of benzene rings is 1. The third-order valence-electron chi connectivity index (χ3n) is 3.45. The van der Waals surface area contributed by atoms with E-state index in [1.807, 2.05) is 13.0 Å². The topological polar surface area (TPSA) is 104 Å². The molecule has 0 atom stereocenters. The molecule has 0 aliphatic carbocycles. The number of aromatic nitrogens is 1. The summed E-state index contributed by atoms with van der Waals surface area (Å²) in [6, 6.07) is 8.67. The fraction of sp³-hybridized carbons (Fsp3) is 0.176. The van der Waals surface area contributed by atoms with Gasteiger partial charge in [0.2, 0.25) is 0 Å². The summed E-state index contributed by atoms with van der Waals surface area (Å²) in [5.41, 5.74) is 7.26. The number of hydrogen-bond acceptors (Lipinski definition) is 6. The van der Waals surface area contributed by atoms with Crippen LogP contribution in [0.25, 0.3) is 0 Å². The normalized spacial score (nSPS) is 10.1. The predicted octanol–water partition coefficient (Wildman–Crippen LogP) is 4.25. The van der Waals surface area contributed by atoms with Crippen molar-refractivity contribution in [3.8, 4) is 12.1 Å². The maximum atomic E-state index is 12.3. The van der Waals surface area contributed by atoms with E-state index in [1.54, 1.807) is 12.1 Å². The number of carbonyl (C=O) groups excluding carboxylic acids is 1. The van der Waals surface area contributed by atoms with Gasteiger partial charge in [-0.2, -0.15) is 10.5 Å². The predicted molar refractivity (Wildman–Crippen MR) is 99.0 cm³/mol. The number of rotatable bonds is 5. The number of thioether (sulfide) groups is 1. The van der Waals surface area contributed by atoms with Gasteiger partial charge in [0.15, 0.2) is 5.78 Å². The lowest BCUT2D eigenvalue weighted by Gasteiger charge is -2.11. The summed E-state index contributed by atoms with van der Waals surface area (Å²) in [6.07, 6.45) is 0.465. The Hall–Kier alpha value is -2.25. The Morgan fingerprint density at radius 3 is 2.48 bits per heavy atom. The Labute approximate surface area is 159 Å². The molecule has 8 heteroatoms. The summed E-state index contributed by atoms with van der Waals surface area (Å²) >= 11 is 12.9. The minimum absolute atomic E-state index is 0.0497. The molecule has 0 bridgehead atoms. The molecule has 0 aliphatic rings. The van der Waals surface area contributed by atoms with Crippen molar-refractivity contribution < 1.29 is 4.79 Å². The zero-order chi connectivity index (χ0) is 18.6. The molecule has 0 saturated heterocycles. The van der Waals surface area contributed by atoms with E-state index in [2.05, 4.69) is 11.1 Å². The number of carbonyl (C=O) groups is 1. The number of Topliss-reactive ketones (excluding diaryl/α,β-unsaturated/α-hetero) is 1. The van der Waals surface area contributed by atoms with Crippen LogP contribution in [0.2, 0.25) is 10.0 Å². The van der Waals surface area contributed by atoms with E-state index in [0.29, 0.717) is 32.6 Å². The fourth-order valence-electron chi connectivity index (χ4n) is 2.21. The van der Waals surface area contributed by atoms with Crippen LogP contribution in [0.3, 0.4) is 0 Å². The van der Waals surface area contributed by atoms with Gasteiger partial charge in [0, 0.05) is 5.56 Å². The number of nitrogens with two attached hydrogens (primary N) is 1. The van der Waals surface area contributed by atoms with Crippen molar-refractivity contribution in [2.45, 2.75) is 18.4 Å². The fourth-order valence-corrected chi connectivity index (χ4v) is 3.42. The van der Waals surface area contributed by atoms with Crippen LogP contribution in [-0.4, -0.2) is 16.5 Å². The lowest BCUT2D eigenvalue weighted by molar-refractivity contribution is 0.102. The van der Waals surface area contributed by atoms with Crippen molar-refractivity contribution in [2.24, 2.45) is 0 Å². The summed E-state index contributed by atoms with van der Waals surface area (Å²) in [4.78, 5) is 16.4. The molecule has 2 N–H and O–H groups in total. The van der Waals surface area contributed by atoms with E-state index in [4.69, 9.17) is 28.9 Å². The van der Waals surface area contributed by atoms with E-state index in [1.165, 1.54) is 6.07 Å². The first-order valence-corrected chi connectivity index (χ1v) is 8.90. The van der Waals surface area contributed by atoms with Crippen LogP contribution in [0.4, 0.5) is 5.82 Å². The van der Waals surface area contributed by atoms with Gasteiger partial charge in [0.05, 0.1) is 26.9 Å². The molecule has 0 radical (unpaired) electrons. The molecule has 1 aromatic heterocycles. The second kappa shape index (κ2) is 8.22. The van der Waals surface area contributed by atoms with Crippen LogP contribution in [0.15, 0.2) is 23.2 Å². The second-order valence-electron chi connectivity index (χ2n) is 4.95. The second-order valence-corrected chi connectivity index (χ2v) is 6.73. The molecule has 0 unspecified atom stereocenters. The van der Waals surface area contributed by atoms with Crippen LogP contribution in [0, 0.1) is 22.7 Å². The summed E-state index contributed by atoms with van der Waals surface area (Å²) in [5, 5.41) is 19.6. The highest BCUT2D eigenvalue weighted by Gasteiger charge is 2.19. The van der Waals surface area contributed by atoms with E-state index < -0.39 is 0 Å². The number of nitrogen functional groups attached to an aromatic ring is 1. The van der Waals surface area contributed by atoms with E-state index in [9.17, 15) is 15.3 Å². The number of anilines is 1. The first kappa shape index (κ1) is 19.1. The molecule has 0 saturated carbocycles. The molecule has 1 heterocycles. The highest BCUT2D eigenvalue weighted by molar-refractivity contribution is 8.00. The van der Waals surface area contributed by atoms with Crippen molar-refractivity contribution in [3.05, 3.63) is 50.5 Å². The Bertz CT molecular complexity index is 932. The Balaban J connectivity index is 2.30. The summed E-state index contributed by atoms with van der Waals surface area (Å²) in [7, 11) is 0. The number of pyridine rings is 1. The molecule has 2 rings (SSSR count). The molecule has 1 aromatic carbocycles. The number of halogens is 2. The quantitative estimate of drug-likeness (QED) is 0.604.